The molecule has 3 N–H and O–H groups in total. The number of carbonyl (C=O) groups excluding carboxylic acids is 1. The lowest BCUT2D eigenvalue weighted by atomic mass is 10.2. The van der Waals surface area contributed by atoms with Gasteiger partial charge in [0.25, 0.3) is 5.91 Å². The number of nitrogens with zero attached hydrogens (tertiary/aromatic N) is 1. The number of carbonyl (C=O) groups is 1. The highest BCUT2D eigenvalue weighted by Gasteiger charge is 2.06. The van der Waals surface area contributed by atoms with Crippen LogP contribution in [0.15, 0.2) is 35.3 Å². The number of hydrogen-bond acceptors (Lipinski definition) is 3. The summed E-state index contributed by atoms with van der Waals surface area (Å²) in [6.07, 6.45) is 0.725. The minimum Gasteiger partial charge on any atom is -0.352 e. The molecule has 0 saturated heterocycles. The van der Waals surface area contributed by atoms with E-state index in [0.717, 1.165) is 12.0 Å². The van der Waals surface area contributed by atoms with Gasteiger partial charge < -0.3 is 5.32 Å². The Balaban J connectivity index is 2.49. The van der Waals surface area contributed by atoms with Gasteiger partial charge in [0.1, 0.15) is 0 Å². The second-order valence-electron chi connectivity index (χ2n) is 3.16. The molecule has 0 fully saturated rings. The molecule has 0 bridgehead atoms. The zero-order chi connectivity index (χ0) is 11.8. The molecule has 1 aromatic rings. The highest BCUT2D eigenvalue weighted by atomic mass is 16.5. The largest absolute Gasteiger partial charge is 0.352 e. The van der Waals surface area contributed by atoms with Crippen LogP contribution in [0.25, 0.3) is 0 Å². The van der Waals surface area contributed by atoms with Crippen LogP contribution < -0.4 is 10.8 Å². The molecule has 0 aliphatic heterocycles. The molecule has 86 valence electrons. The Bertz CT molecular complexity index is 363. The molecule has 0 aromatic heterocycles. The van der Waals surface area contributed by atoms with E-state index in [1.165, 1.54) is 7.05 Å². The molecule has 0 radical (unpaired) electrons. The Labute approximate surface area is 94.2 Å². The van der Waals surface area contributed by atoms with E-state index in [4.69, 9.17) is 5.21 Å². The van der Waals surface area contributed by atoms with Crippen LogP contribution in [-0.4, -0.2) is 30.5 Å². The first kappa shape index (κ1) is 12.2. The molecule has 0 unspecified atom stereocenters. The highest BCUT2D eigenvalue weighted by Crippen LogP contribution is 1.99. The van der Waals surface area contributed by atoms with E-state index >= 15 is 0 Å². The van der Waals surface area contributed by atoms with Gasteiger partial charge >= 0.3 is 0 Å². The quantitative estimate of drug-likeness (QED) is 0.392. The SMILES string of the molecule is CNC(=O)C(=NCCc1ccccc1)NO. The molecule has 0 saturated carbocycles. The number of amidine groups is 1. The van der Waals surface area contributed by atoms with Crippen molar-refractivity contribution in [2.75, 3.05) is 13.6 Å². The first-order valence-corrected chi connectivity index (χ1v) is 4.98. The maximum absolute atomic E-state index is 11.1. The third-order valence-electron chi connectivity index (χ3n) is 2.06. The van der Waals surface area contributed by atoms with Crippen LogP contribution in [0.3, 0.4) is 0 Å². The molecular formula is C11H15N3O2. The first-order chi connectivity index (χ1) is 7.77. The van der Waals surface area contributed by atoms with E-state index in [9.17, 15) is 4.79 Å². The van der Waals surface area contributed by atoms with E-state index < -0.39 is 5.91 Å². The van der Waals surface area contributed by atoms with Gasteiger partial charge in [0.2, 0.25) is 5.84 Å². The normalized spacial score (nSPS) is 11.0. The molecular weight excluding hydrogens is 206 g/mol. The summed E-state index contributed by atoms with van der Waals surface area (Å²) < 4.78 is 0. The number of hydrogen-bond donors (Lipinski definition) is 3. The van der Waals surface area contributed by atoms with E-state index in [1.54, 1.807) is 5.48 Å². The summed E-state index contributed by atoms with van der Waals surface area (Å²) >= 11 is 0. The Kier molecular flexibility index (Phi) is 5.01. The lowest BCUT2D eigenvalue weighted by Gasteiger charge is -2.03. The zero-order valence-electron chi connectivity index (χ0n) is 9.10. The number of nitrogens with one attached hydrogen (secondary N) is 2. The van der Waals surface area contributed by atoms with Crippen molar-refractivity contribution in [2.45, 2.75) is 6.42 Å². The monoisotopic (exact) mass is 221 g/mol. The van der Waals surface area contributed by atoms with Crippen LogP contribution in [-0.2, 0) is 11.2 Å². The van der Waals surface area contributed by atoms with Gasteiger partial charge in [-0.05, 0) is 12.0 Å². The Morgan fingerprint density at radius 3 is 2.62 bits per heavy atom. The van der Waals surface area contributed by atoms with Crippen molar-refractivity contribution in [1.29, 1.82) is 0 Å². The third-order valence-corrected chi connectivity index (χ3v) is 2.06. The van der Waals surface area contributed by atoms with Crippen LogP contribution in [0.2, 0.25) is 0 Å². The smallest absolute Gasteiger partial charge is 0.288 e. The maximum Gasteiger partial charge on any atom is 0.288 e. The molecule has 1 aromatic carbocycles. The van der Waals surface area contributed by atoms with Crippen molar-refractivity contribution in [3.63, 3.8) is 0 Å². The second-order valence-corrected chi connectivity index (χ2v) is 3.16. The van der Waals surface area contributed by atoms with E-state index in [-0.39, 0.29) is 5.84 Å². The van der Waals surface area contributed by atoms with Crippen LogP contribution in [0.1, 0.15) is 5.56 Å². The van der Waals surface area contributed by atoms with Crippen molar-refractivity contribution < 1.29 is 10.0 Å². The molecule has 0 aliphatic rings. The minimum absolute atomic E-state index is 0.0709. The maximum atomic E-state index is 11.1. The summed E-state index contributed by atoms with van der Waals surface area (Å²) in [7, 11) is 1.48. The van der Waals surface area contributed by atoms with Gasteiger partial charge in [-0.2, -0.15) is 0 Å². The van der Waals surface area contributed by atoms with Crippen molar-refractivity contribution in [3.05, 3.63) is 35.9 Å². The second kappa shape index (κ2) is 6.58. The van der Waals surface area contributed by atoms with Crippen LogP contribution in [0, 0.1) is 0 Å². The zero-order valence-corrected chi connectivity index (χ0v) is 9.10. The van der Waals surface area contributed by atoms with Crippen LogP contribution >= 0.6 is 0 Å². The average molecular weight is 221 g/mol. The summed E-state index contributed by atoms with van der Waals surface area (Å²) in [5, 5.41) is 11.1. The number of amides is 1. The van der Waals surface area contributed by atoms with Gasteiger partial charge in [-0.25, -0.2) is 5.48 Å². The molecule has 0 aliphatic carbocycles. The number of aliphatic imine (C=N–C) groups is 1. The van der Waals surface area contributed by atoms with Crippen molar-refractivity contribution >= 4 is 11.7 Å². The van der Waals surface area contributed by atoms with Gasteiger partial charge in [-0.15, -0.1) is 0 Å². The molecule has 1 rings (SSSR count). The van der Waals surface area contributed by atoms with E-state index in [1.807, 2.05) is 30.3 Å². The molecule has 0 spiro atoms. The predicted molar refractivity (Wildman–Crippen MR) is 61.4 cm³/mol. The Morgan fingerprint density at radius 1 is 1.38 bits per heavy atom. The number of rotatable bonds is 3. The summed E-state index contributed by atoms with van der Waals surface area (Å²) in [5.41, 5.74) is 2.92. The van der Waals surface area contributed by atoms with Crippen LogP contribution in [0.5, 0.6) is 0 Å². The molecule has 5 heteroatoms. The summed E-state index contributed by atoms with van der Waals surface area (Å²) in [4.78, 5) is 15.1. The molecule has 1 amide bonds. The number of likely N-dealkylation sites (N-methyl/N-ethyl adjacent to an activating group) is 1. The fraction of sp³-hybridized carbons (Fsp3) is 0.273. The van der Waals surface area contributed by atoms with Crippen LogP contribution in [0.4, 0.5) is 0 Å². The highest BCUT2D eigenvalue weighted by molar-refractivity contribution is 6.37. The average Bonchev–Trinajstić information content (AvgIpc) is 2.35. The van der Waals surface area contributed by atoms with Crippen molar-refractivity contribution in [3.8, 4) is 0 Å². The Hall–Kier alpha value is -1.88. The van der Waals surface area contributed by atoms with Gasteiger partial charge in [0.05, 0.1) is 0 Å². The van der Waals surface area contributed by atoms with Gasteiger partial charge in [0.15, 0.2) is 0 Å². The standard InChI is InChI=1S/C11H15N3O2/c1-12-11(15)10(14-16)13-8-7-9-5-3-2-4-6-9/h2-6,16H,7-8H2,1H3,(H,12,15)(H,13,14). The van der Waals surface area contributed by atoms with Gasteiger partial charge in [-0.3, -0.25) is 15.0 Å². The van der Waals surface area contributed by atoms with E-state index in [2.05, 4.69) is 10.3 Å². The molecule has 16 heavy (non-hydrogen) atoms. The lowest BCUT2D eigenvalue weighted by molar-refractivity contribution is -0.114. The lowest BCUT2D eigenvalue weighted by Crippen LogP contribution is -2.36. The molecule has 0 heterocycles. The van der Waals surface area contributed by atoms with Crippen molar-refractivity contribution in [1.82, 2.24) is 10.8 Å². The van der Waals surface area contributed by atoms with Crippen molar-refractivity contribution in [2.24, 2.45) is 4.99 Å². The fourth-order valence-corrected chi connectivity index (χ4v) is 1.22. The first-order valence-electron chi connectivity index (χ1n) is 4.98. The fourth-order valence-electron chi connectivity index (χ4n) is 1.22. The number of benzene rings is 1. The predicted octanol–water partition coefficient (Wildman–Crippen LogP) is 0.352. The molecule has 0 atom stereocenters. The molecule has 5 nitrogen and oxygen atoms in total. The summed E-state index contributed by atoms with van der Waals surface area (Å²) in [5.74, 6) is -0.506. The van der Waals surface area contributed by atoms with Gasteiger partial charge in [-0.1, -0.05) is 30.3 Å². The summed E-state index contributed by atoms with van der Waals surface area (Å²) in [6, 6.07) is 9.81. The van der Waals surface area contributed by atoms with Gasteiger partial charge in [0, 0.05) is 13.6 Å². The minimum atomic E-state index is -0.435. The third kappa shape index (κ3) is 3.70. The topological polar surface area (TPSA) is 73.7 Å². The van der Waals surface area contributed by atoms with E-state index in [0.29, 0.717) is 6.54 Å². The summed E-state index contributed by atoms with van der Waals surface area (Å²) in [6.45, 7) is 0.445. The number of hydroxylamine groups is 1. The Morgan fingerprint density at radius 2 is 2.06 bits per heavy atom.